The number of hydrogen-bond acceptors (Lipinski definition) is 3. The maximum atomic E-state index is 13.2. The molecule has 1 amide bonds. The van der Waals surface area contributed by atoms with Crippen molar-refractivity contribution in [3.8, 4) is 0 Å². The molecule has 30 heavy (non-hydrogen) atoms. The summed E-state index contributed by atoms with van der Waals surface area (Å²) in [5, 5.41) is 4.75. The van der Waals surface area contributed by atoms with Crippen molar-refractivity contribution in [2.45, 2.75) is 39.2 Å². The van der Waals surface area contributed by atoms with Crippen LogP contribution in [0.4, 0.5) is 0 Å². The van der Waals surface area contributed by atoms with E-state index in [1.807, 2.05) is 22.9 Å². The van der Waals surface area contributed by atoms with Crippen molar-refractivity contribution in [3.63, 3.8) is 0 Å². The lowest BCUT2D eigenvalue weighted by Gasteiger charge is -2.30. The van der Waals surface area contributed by atoms with Gasteiger partial charge in [-0.25, -0.2) is 0 Å². The van der Waals surface area contributed by atoms with Crippen LogP contribution in [0.3, 0.4) is 0 Å². The third-order valence-corrected chi connectivity index (χ3v) is 7.60. The summed E-state index contributed by atoms with van der Waals surface area (Å²) in [7, 11) is 0. The molecule has 1 saturated heterocycles. The number of allylic oxidation sites excluding steroid dienone is 6. The van der Waals surface area contributed by atoms with Crippen LogP contribution in [-0.2, 0) is 13.0 Å². The standard InChI is InChI=1S/C25H29N3OS/c1-18-11-14-27(15-12-18)25(29)19-8-9-23-21(16-19)22-17-26-13-10-24(22)28(23)30-20-6-4-2-3-5-7-20/h2-6,8-9,16,18,26H,7,10-15,17H2,1H3. The molecule has 0 radical (unpaired) electrons. The quantitative estimate of drug-likeness (QED) is 0.756. The predicted octanol–water partition coefficient (Wildman–Crippen LogP) is 5.06. The van der Waals surface area contributed by atoms with Gasteiger partial charge in [-0.1, -0.05) is 37.3 Å². The fourth-order valence-corrected chi connectivity index (χ4v) is 5.74. The van der Waals surface area contributed by atoms with Crippen LogP contribution in [0.1, 0.15) is 47.8 Å². The number of fused-ring (bicyclic) bond motifs is 3. The molecule has 3 heterocycles. The zero-order valence-corrected chi connectivity index (χ0v) is 18.4. The molecular weight excluding hydrogens is 390 g/mol. The largest absolute Gasteiger partial charge is 0.339 e. The highest BCUT2D eigenvalue weighted by Crippen LogP contribution is 2.36. The first kappa shape index (κ1) is 19.7. The van der Waals surface area contributed by atoms with Crippen LogP contribution in [0.5, 0.6) is 0 Å². The molecular formula is C25H29N3OS. The Balaban J connectivity index is 1.51. The molecule has 5 rings (SSSR count). The molecule has 0 atom stereocenters. The Morgan fingerprint density at radius 3 is 2.90 bits per heavy atom. The minimum atomic E-state index is 0.184. The second kappa shape index (κ2) is 8.48. The number of rotatable bonds is 3. The lowest BCUT2D eigenvalue weighted by molar-refractivity contribution is 0.0697. The number of piperidine rings is 1. The Morgan fingerprint density at radius 1 is 1.17 bits per heavy atom. The van der Waals surface area contributed by atoms with E-state index in [2.05, 4.69) is 58.7 Å². The highest BCUT2D eigenvalue weighted by Gasteiger charge is 2.25. The van der Waals surface area contributed by atoms with E-state index in [0.29, 0.717) is 0 Å². The van der Waals surface area contributed by atoms with Gasteiger partial charge in [0.2, 0.25) is 0 Å². The number of aromatic nitrogens is 1. The second-order valence-electron chi connectivity index (χ2n) is 8.59. The molecule has 3 aliphatic rings. The van der Waals surface area contributed by atoms with Gasteiger partial charge in [0.25, 0.3) is 5.91 Å². The molecule has 0 bridgehead atoms. The average Bonchev–Trinajstić information content (AvgIpc) is 2.92. The molecule has 1 aromatic carbocycles. The third kappa shape index (κ3) is 3.77. The molecule has 1 fully saturated rings. The van der Waals surface area contributed by atoms with Crippen molar-refractivity contribution in [1.82, 2.24) is 14.2 Å². The van der Waals surface area contributed by atoms with Gasteiger partial charge >= 0.3 is 0 Å². The molecule has 5 heteroatoms. The van der Waals surface area contributed by atoms with Crippen LogP contribution in [-0.4, -0.2) is 34.4 Å². The van der Waals surface area contributed by atoms with Crippen LogP contribution in [0.25, 0.3) is 10.9 Å². The van der Waals surface area contributed by atoms with Crippen LogP contribution in [0, 0.1) is 5.92 Å². The van der Waals surface area contributed by atoms with E-state index in [1.165, 1.54) is 27.1 Å². The maximum absolute atomic E-state index is 13.2. The minimum Gasteiger partial charge on any atom is -0.339 e. The van der Waals surface area contributed by atoms with Gasteiger partial charge in [0.15, 0.2) is 0 Å². The van der Waals surface area contributed by atoms with Crippen molar-refractivity contribution in [2.24, 2.45) is 5.92 Å². The molecule has 1 N–H and O–H groups in total. The third-order valence-electron chi connectivity index (χ3n) is 6.46. The van der Waals surface area contributed by atoms with Crippen molar-refractivity contribution >= 4 is 28.8 Å². The molecule has 0 saturated carbocycles. The van der Waals surface area contributed by atoms with Crippen LogP contribution >= 0.6 is 11.9 Å². The number of hydrogen-bond donors (Lipinski definition) is 1. The first-order valence-electron chi connectivity index (χ1n) is 11.1. The van der Waals surface area contributed by atoms with Crippen molar-refractivity contribution in [2.75, 3.05) is 19.6 Å². The first-order chi connectivity index (χ1) is 14.7. The highest BCUT2D eigenvalue weighted by atomic mass is 32.2. The van der Waals surface area contributed by atoms with Gasteiger partial charge in [0, 0.05) is 54.1 Å². The van der Waals surface area contributed by atoms with Gasteiger partial charge in [-0.2, -0.15) is 0 Å². The fourth-order valence-electron chi connectivity index (χ4n) is 4.62. The van der Waals surface area contributed by atoms with Crippen LogP contribution < -0.4 is 5.32 Å². The number of carbonyl (C=O) groups excluding carboxylic acids is 1. The van der Waals surface area contributed by atoms with Crippen molar-refractivity contribution < 1.29 is 4.79 Å². The Labute approximate surface area is 182 Å². The summed E-state index contributed by atoms with van der Waals surface area (Å²) in [6.07, 6.45) is 14.9. The minimum absolute atomic E-state index is 0.184. The zero-order chi connectivity index (χ0) is 20.5. The summed E-state index contributed by atoms with van der Waals surface area (Å²) in [6, 6.07) is 6.32. The van der Waals surface area contributed by atoms with E-state index < -0.39 is 0 Å². The van der Waals surface area contributed by atoms with Crippen LogP contribution in [0.2, 0.25) is 0 Å². The molecule has 1 aliphatic carbocycles. The van der Waals surface area contributed by atoms with Gasteiger partial charge in [0.1, 0.15) is 0 Å². The van der Waals surface area contributed by atoms with Gasteiger partial charge in [-0.15, -0.1) is 0 Å². The first-order valence-corrected chi connectivity index (χ1v) is 11.8. The number of amides is 1. The Bertz CT molecular complexity index is 1050. The second-order valence-corrected chi connectivity index (χ2v) is 9.67. The van der Waals surface area contributed by atoms with Gasteiger partial charge in [-0.3, -0.25) is 8.77 Å². The van der Waals surface area contributed by atoms with E-state index in [4.69, 9.17) is 0 Å². The number of nitrogens with zero attached hydrogens (tertiary/aromatic N) is 2. The Morgan fingerprint density at radius 2 is 2.03 bits per heavy atom. The monoisotopic (exact) mass is 419 g/mol. The van der Waals surface area contributed by atoms with Gasteiger partial charge < -0.3 is 10.2 Å². The number of carbonyl (C=O) groups is 1. The highest BCUT2D eigenvalue weighted by molar-refractivity contribution is 8.01. The van der Waals surface area contributed by atoms with E-state index >= 15 is 0 Å². The van der Waals surface area contributed by atoms with E-state index in [0.717, 1.165) is 63.3 Å². The Hall–Kier alpha value is -2.24. The summed E-state index contributed by atoms with van der Waals surface area (Å²) in [6.45, 7) is 5.91. The molecule has 0 unspecified atom stereocenters. The SMILES string of the molecule is CC1CCN(C(=O)c2ccc3c(c2)c2c(n3SC3=CC=CC=CC3)CCNC2)CC1. The van der Waals surface area contributed by atoms with Crippen LogP contribution in [0.15, 0.2) is 53.5 Å². The summed E-state index contributed by atoms with van der Waals surface area (Å²) in [4.78, 5) is 16.5. The molecule has 0 spiro atoms. The zero-order valence-electron chi connectivity index (χ0n) is 17.6. The summed E-state index contributed by atoms with van der Waals surface area (Å²) >= 11 is 1.82. The molecule has 156 valence electrons. The van der Waals surface area contributed by atoms with Gasteiger partial charge in [0.05, 0.1) is 5.52 Å². The molecule has 1 aromatic heterocycles. The van der Waals surface area contributed by atoms with E-state index in [1.54, 1.807) is 0 Å². The average molecular weight is 420 g/mol. The van der Waals surface area contributed by atoms with Crippen molar-refractivity contribution in [1.29, 1.82) is 0 Å². The lowest BCUT2D eigenvalue weighted by atomic mass is 9.98. The number of benzene rings is 1. The smallest absolute Gasteiger partial charge is 0.253 e. The predicted molar refractivity (Wildman–Crippen MR) is 126 cm³/mol. The summed E-state index contributed by atoms with van der Waals surface area (Å²) in [5.74, 6) is 0.909. The summed E-state index contributed by atoms with van der Waals surface area (Å²) in [5.41, 5.74) is 4.79. The van der Waals surface area contributed by atoms with E-state index in [-0.39, 0.29) is 5.91 Å². The molecule has 4 nitrogen and oxygen atoms in total. The maximum Gasteiger partial charge on any atom is 0.253 e. The topological polar surface area (TPSA) is 37.3 Å². The summed E-state index contributed by atoms with van der Waals surface area (Å²) < 4.78 is 2.40. The number of likely N-dealkylation sites (tertiary alicyclic amines) is 1. The van der Waals surface area contributed by atoms with E-state index in [9.17, 15) is 4.79 Å². The lowest BCUT2D eigenvalue weighted by Crippen LogP contribution is -2.37. The molecule has 2 aliphatic heterocycles. The van der Waals surface area contributed by atoms with Gasteiger partial charge in [-0.05, 0) is 60.9 Å². The number of nitrogens with one attached hydrogen (secondary N) is 1. The molecule has 2 aromatic rings. The fraction of sp³-hybridized carbons (Fsp3) is 0.400. The van der Waals surface area contributed by atoms with Crippen molar-refractivity contribution in [3.05, 3.63) is 70.3 Å². The Kier molecular flexibility index (Phi) is 5.57. The normalized spacial score (nSPS) is 19.6.